The monoisotopic (exact) mass is 167 g/mol. The van der Waals surface area contributed by atoms with E-state index in [9.17, 15) is 5.11 Å². The van der Waals surface area contributed by atoms with Gasteiger partial charge in [0.15, 0.2) is 0 Å². The Morgan fingerprint density at radius 3 is 2.83 bits per heavy atom. The van der Waals surface area contributed by atoms with Crippen molar-refractivity contribution in [2.75, 3.05) is 14.2 Å². The Labute approximate surface area is 72.0 Å². The van der Waals surface area contributed by atoms with Crippen LogP contribution in [0.1, 0.15) is 5.56 Å². The summed E-state index contributed by atoms with van der Waals surface area (Å²) in [6.45, 7) is 0.607. The maximum absolute atomic E-state index is 9.43. The van der Waals surface area contributed by atoms with E-state index in [1.165, 1.54) is 0 Å². The number of aromatic hydroxyl groups is 1. The van der Waals surface area contributed by atoms with Crippen molar-refractivity contribution in [1.82, 2.24) is 5.32 Å². The molecule has 1 aromatic carbocycles. The summed E-state index contributed by atoms with van der Waals surface area (Å²) in [7, 11) is 3.42. The van der Waals surface area contributed by atoms with Crippen LogP contribution in [0.2, 0.25) is 0 Å². The maximum Gasteiger partial charge on any atom is 0.127 e. The molecule has 0 bridgehead atoms. The molecule has 3 nitrogen and oxygen atoms in total. The predicted octanol–water partition coefficient (Wildman–Crippen LogP) is 1.12. The van der Waals surface area contributed by atoms with Gasteiger partial charge < -0.3 is 15.2 Å². The summed E-state index contributed by atoms with van der Waals surface area (Å²) in [5.74, 6) is 0.980. The van der Waals surface area contributed by atoms with Crippen LogP contribution in [-0.2, 0) is 6.54 Å². The van der Waals surface area contributed by atoms with Crippen LogP contribution in [0.25, 0.3) is 0 Å². The Morgan fingerprint density at radius 1 is 1.50 bits per heavy atom. The zero-order valence-electron chi connectivity index (χ0n) is 7.29. The number of hydrogen-bond donors (Lipinski definition) is 2. The number of ether oxygens (including phenoxy) is 1. The number of phenolic OH excluding ortho intramolecular Hbond substituents is 1. The third kappa shape index (κ3) is 1.68. The molecule has 1 aromatic rings. The van der Waals surface area contributed by atoms with Crippen molar-refractivity contribution in [3.8, 4) is 11.5 Å². The van der Waals surface area contributed by atoms with E-state index in [4.69, 9.17) is 4.74 Å². The minimum atomic E-state index is 0.267. The van der Waals surface area contributed by atoms with Gasteiger partial charge in [0.05, 0.1) is 7.11 Å². The molecule has 0 fully saturated rings. The predicted molar refractivity (Wildman–Crippen MR) is 47.4 cm³/mol. The molecule has 3 heteroatoms. The normalized spacial score (nSPS) is 9.83. The van der Waals surface area contributed by atoms with Crippen molar-refractivity contribution in [1.29, 1.82) is 0 Å². The molecule has 0 radical (unpaired) electrons. The Hall–Kier alpha value is -1.22. The zero-order valence-corrected chi connectivity index (χ0v) is 7.29. The van der Waals surface area contributed by atoms with Crippen molar-refractivity contribution in [2.45, 2.75) is 6.54 Å². The molecule has 0 saturated carbocycles. The molecule has 0 amide bonds. The number of rotatable bonds is 3. The summed E-state index contributed by atoms with van der Waals surface area (Å²) in [6, 6.07) is 5.23. The highest BCUT2D eigenvalue weighted by atomic mass is 16.5. The second-order valence-electron chi connectivity index (χ2n) is 2.49. The lowest BCUT2D eigenvalue weighted by molar-refractivity contribution is 0.398. The lowest BCUT2D eigenvalue weighted by Gasteiger charge is -2.08. The minimum Gasteiger partial charge on any atom is -0.507 e. The summed E-state index contributed by atoms with van der Waals surface area (Å²) in [4.78, 5) is 0. The molecule has 0 saturated heterocycles. The summed E-state index contributed by atoms with van der Waals surface area (Å²) >= 11 is 0. The smallest absolute Gasteiger partial charge is 0.127 e. The Bertz CT molecular complexity index is 261. The van der Waals surface area contributed by atoms with Crippen LogP contribution < -0.4 is 10.1 Å². The van der Waals surface area contributed by atoms with E-state index in [1.807, 2.05) is 13.1 Å². The first-order chi connectivity index (χ1) is 5.79. The molecule has 0 aromatic heterocycles. The van der Waals surface area contributed by atoms with Gasteiger partial charge in [-0.25, -0.2) is 0 Å². The minimum absolute atomic E-state index is 0.267. The Balaban J connectivity index is 3.02. The zero-order chi connectivity index (χ0) is 8.97. The third-order valence-corrected chi connectivity index (χ3v) is 1.68. The third-order valence-electron chi connectivity index (χ3n) is 1.68. The Kier molecular flexibility index (Phi) is 2.94. The van der Waals surface area contributed by atoms with E-state index in [2.05, 4.69) is 5.32 Å². The van der Waals surface area contributed by atoms with E-state index < -0.39 is 0 Å². The van der Waals surface area contributed by atoms with Gasteiger partial charge >= 0.3 is 0 Å². The van der Waals surface area contributed by atoms with Gasteiger partial charge in [-0.3, -0.25) is 0 Å². The molecule has 0 atom stereocenters. The number of nitrogens with one attached hydrogen (secondary N) is 1. The van der Waals surface area contributed by atoms with Gasteiger partial charge in [-0.05, 0) is 19.2 Å². The second kappa shape index (κ2) is 3.97. The lowest BCUT2D eigenvalue weighted by atomic mass is 10.2. The highest BCUT2D eigenvalue weighted by molar-refractivity contribution is 5.43. The van der Waals surface area contributed by atoms with Crippen LogP contribution in [-0.4, -0.2) is 19.3 Å². The number of benzene rings is 1. The molecule has 66 valence electrons. The number of phenols is 1. The quantitative estimate of drug-likeness (QED) is 0.708. The van der Waals surface area contributed by atoms with Gasteiger partial charge in [-0.2, -0.15) is 0 Å². The highest BCUT2D eigenvalue weighted by Gasteiger charge is 2.05. The molecule has 0 heterocycles. The van der Waals surface area contributed by atoms with Crippen LogP contribution in [0.4, 0.5) is 0 Å². The van der Waals surface area contributed by atoms with Crippen molar-refractivity contribution in [2.24, 2.45) is 0 Å². The van der Waals surface area contributed by atoms with Gasteiger partial charge in [0.1, 0.15) is 11.5 Å². The van der Waals surface area contributed by atoms with Gasteiger partial charge in [-0.15, -0.1) is 0 Å². The average Bonchev–Trinajstić information content (AvgIpc) is 2.09. The standard InChI is InChI=1S/C9H13NO2/c1-10-6-7-8(11)4-3-5-9(7)12-2/h3-5,10-11H,6H2,1-2H3. The summed E-state index contributed by atoms with van der Waals surface area (Å²) in [5, 5.41) is 12.4. The summed E-state index contributed by atoms with van der Waals surface area (Å²) < 4.78 is 5.08. The van der Waals surface area contributed by atoms with Gasteiger partial charge in [0.2, 0.25) is 0 Å². The van der Waals surface area contributed by atoms with Gasteiger partial charge in [-0.1, -0.05) is 6.07 Å². The molecule has 0 aliphatic carbocycles. The fourth-order valence-electron chi connectivity index (χ4n) is 1.10. The molecule has 0 unspecified atom stereocenters. The van der Waals surface area contributed by atoms with E-state index in [0.29, 0.717) is 12.3 Å². The fraction of sp³-hybridized carbons (Fsp3) is 0.333. The van der Waals surface area contributed by atoms with E-state index in [0.717, 1.165) is 5.56 Å². The largest absolute Gasteiger partial charge is 0.507 e. The molecular weight excluding hydrogens is 154 g/mol. The van der Waals surface area contributed by atoms with Crippen LogP contribution in [0.5, 0.6) is 11.5 Å². The molecule has 0 aliphatic rings. The fourth-order valence-corrected chi connectivity index (χ4v) is 1.10. The number of hydrogen-bond acceptors (Lipinski definition) is 3. The molecule has 12 heavy (non-hydrogen) atoms. The SMILES string of the molecule is CNCc1c(O)cccc1OC. The Morgan fingerprint density at radius 2 is 2.25 bits per heavy atom. The molecule has 1 rings (SSSR count). The number of methoxy groups -OCH3 is 1. The van der Waals surface area contributed by atoms with Gasteiger partial charge in [0.25, 0.3) is 0 Å². The van der Waals surface area contributed by atoms with Crippen LogP contribution in [0.3, 0.4) is 0 Å². The van der Waals surface area contributed by atoms with Gasteiger partial charge in [0, 0.05) is 12.1 Å². The molecule has 2 N–H and O–H groups in total. The van der Waals surface area contributed by atoms with Crippen molar-refractivity contribution >= 4 is 0 Å². The van der Waals surface area contributed by atoms with E-state index in [1.54, 1.807) is 19.2 Å². The van der Waals surface area contributed by atoms with Crippen molar-refractivity contribution in [3.05, 3.63) is 23.8 Å². The first kappa shape index (κ1) is 8.87. The first-order valence-electron chi connectivity index (χ1n) is 3.79. The van der Waals surface area contributed by atoms with E-state index >= 15 is 0 Å². The van der Waals surface area contributed by atoms with E-state index in [-0.39, 0.29) is 5.75 Å². The lowest BCUT2D eigenvalue weighted by Crippen LogP contribution is -2.06. The highest BCUT2D eigenvalue weighted by Crippen LogP contribution is 2.26. The molecular formula is C9H13NO2. The van der Waals surface area contributed by atoms with Crippen molar-refractivity contribution in [3.63, 3.8) is 0 Å². The van der Waals surface area contributed by atoms with Crippen LogP contribution in [0, 0.1) is 0 Å². The topological polar surface area (TPSA) is 41.5 Å². The summed E-state index contributed by atoms with van der Waals surface area (Å²) in [5.41, 5.74) is 0.794. The van der Waals surface area contributed by atoms with Crippen LogP contribution in [0.15, 0.2) is 18.2 Å². The van der Waals surface area contributed by atoms with Crippen LogP contribution >= 0.6 is 0 Å². The molecule has 0 spiro atoms. The first-order valence-corrected chi connectivity index (χ1v) is 3.79. The summed E-state index contributed by atoms with van der Waals surface area (Å²) in [6.07, 6.45) is 0. The molecule has 0 aliphatic heterocycles. The van der Waals surface area contributed by atoms with Crippen molar-refractivity contribution < 1.29 is 9.84 Å². The maximum atomic E-state index is 9.43. The average molecular weight is 167 g/mol. The second-order valence-corrected chi connectivity index (χ2v) is 2.49.